The number of aromatic amines is 1. The molecule has 0 spiro atoms. The van der Waals surface area contributed by atoms with E-state index in [-0.39, 0.29) is 17.6 Å². The number of hydrogen-bond donors (Lipinski definition) is 2. The van der Waals surface area contributed by atoms with Crippen LogP contribution >= 0.6 is 0 Å². The average Bonchev–Trinajstić information content (AvgIpc) is 2.89. The maximum absolute atomic E-state index is 12.2. The van der Waals surface area contributed by atoms with Crippen LogP contribution in [0.2, 0.25) is 0 Å². The highest BCUT2D eigenvalue weighted by Gasteiger charge is 2.13. The molecule has 2 N–H and O–H groups in total. The van der Waals surface area contributed by atoms with Gasteiger partial charge in [0.1, 0.15) is 5.69 Å². The second kappa shape index (κ2) is 7.21. The molecule has 0 unspecified atom stereocenters. The van der Waals surface area contributed by atoms with Gasteiger partial charge in [0, 0.05) is 18.4 Å². The zero-order valence-electron chi connectivity index (χ0n) is 14.0. The van der Waals surface area contributed by atoms with Gasteiger partial charge in [0.25, 0.3) is 5.91 Å². The number of aromatic nitrogens is 4. The number of aryl methyl sites for hydroxylation is 1. The summed E-state index contributed by atoms with van der Waals surface area (Å²) in [4.78, 5) is 30.2. The van der Waals surface area contributed by atoms with E-state index in [1.165, 1.54) is 0 Å². The Kier molecular flexibility index (Phi) is 5.31. The summed E-state index contributed by atoms with van der Waals surface area (Å²) in [5, 5.41) is 7.02. The largest absolute Gasteiger partial charge is 0.349 e. The van der Waals surface area contributed by atoms with Crippen LogP contribution in [-0.2, 0) is 6.42 Å². The quantitative estimate of drug-likeness (QED) is 0.843. The van der Waals surface area contributed by atoms with E-state index < -0.39 is 5.69 Å². The van der Waals surface area contributed by atoms with Gasteiger partial charge in [0.05, 0.1) is 12.2 Å². The zero-order valence-corrected chi connectivity index (χ0v) is 14.0. The molecule has 0 fully saturated rings. The van der Waals surface area contributed by atoms with E-state index >= 15 is 0 Å². The Balaban J connectivity index is 2.03. The van der Waals surface area contributed by atoms with Crippen LogP contribution in [0.25, 0.3) is 0 Å². The molecule has 0 saturated carbocycles. The maximum atomic E-state index is 12.2. The lowest BCUT2D eigenvalue weighted by Crippen LogP contribution is -2.32. The molecule has 23 heavy (non-hydrogen) atoms. The maximum Gasteiger partial charge on any atom is 0.345 e. The van der Waals surface area contributed by atoms with Crippen molar-refractivity contribution in [1.29, 1.82) is 0 Å². The average molecular weight is 317 g/mol. The van der Waals surface area contributed by atoms with Gasteiger partial charge in [-0.25, -0.2) is 4.79 Å². The van der Waals surface area contributed by atoms with E-state index in [0.29, 0.717) is 18.9 Å². The number of H-pyrrole nitrogens is 1. The normalized spacial score (nSPS) is 12.4. The van der Waals surface area contributed by atoms with Crippen LogP contribution in [0.4, 0.5) is 0 Å². The van der Waals surface area contributed by atoms with Crippen molar-refractivity contribution in [1.82, 2.24) is 25.1 Å². The van der Waals surface area contributed by atoms with Crippen LogP contribution in [-0.4, -0.2) is 32.2 Å². The van der Waals surface area contributed by atoms with Crippen molar-refractivity contribution in [2.75, 3.05) is 6.54 Å². The Morgan fingerprint density at radius 1 is 1.39 bits per heavy atom. The summed E-state index contributed by atoms with van der Waals surface area (Å²) in [6.45, 7) is 8.43. The highest BCUT2D eigenvalue weighted by atomic mass is 16.2. The van der Waals surface area contributed by atoms with Gasteiger partial charge in [-0.3, -0.25) is 9.48 Å². The van der Waals surface area contributed by atoms with E-state index in [0.717, 1.165) is 11.3 Å². The predicted octanol–water partition coefficient (Wildman–Crippen LogP) is 1.46. The fourth-order valence-electron chi connectivity index (χ4n) is 2.27. The lowest BCUT2D eigenvalue weighted by Gasteiger charge is -2.13. The van der Waals surface area contributed by atoms with Crippen molar-refractivity contribution >= 4 is 5.91 Å². The summed E-state index contributed by atoms with van der Waals surface area (Å²) >= 11 is 0. The SMILES string of the molecule is Cc1cnn([C@H](C)CNC(=O)c2cc(CC(C)C)[nH]c(=O)n2)c1. The van der Waals surface area contributed by atoms with E-state index in [4.69, 9.17) is 0 Å². The van der Waals surface area contributed by atoms with Crippen molar-refractivity contribution in [3.05, 3.63) is 45.9 Å². The first-order chi connectivity index (χ1) is 10.8. The first-order valence-electron chi connectivity index (χ1n) is 7.74. The molecule has 1 atom stereocenters. The van der Waals surface area contributed by atoms with Gasteiger partial charge in [-0.05, 0) is 37.8 Å². The van der Waals surface area contributed by atoms with Crippen LogP contribution in [0, 0.1) is 12.8 Å². The smallest absolute Gasteiger partial charge is 0.345 e. The second-order valence-corrected chi connectivity index (χ2v) is 6.25. The Bertz CT molecular complexity index is 732. The summed E-state index contributed by atoms with van der Waals surface area (Å²) in [5.74, 6) is 0.0314. The molecule has 1 amide bonds. The molecule has 0 radical (unpaired) electrons. The van der Waals surface area contributed by atoms with Gasteiger partial charge in [-0.1, -0.05) is 13.8 Å². The second-order valence-electron chi connectivity index (χ2n) is 6.25. The van der Waals surface area contributed by atoms with Gasteiger partial charge >= 0.3 is 5.69 Å². The van der Waals surface area contributed by atoms with Crippen molar-refractivity contribution in [2.45, 2.75) is 40.2 Å². The molecule has 2 aromatic rings. The molecule has 0 saturated heterocycles. The number of rotatable bonds is 6. The lowest BCUT2D eigenvalue weighted by atomic mass is 10.1. The summed E-state index contributed by atoms with van der Waals surface area (Å²) in [6.07, 6.45) is 4.39. The van der Waals surface area contributed by atoms with Crippen molar-refractivity contribution in [2.24, 2.45) is 5.92 Å². The van der Waals surface area contributed by atoms with Crippen LogP contribution < -0.4 is 11.0 Å². The molecule has 0 aliphatic rings. The standard InChI is InChI=1S/C16H23N5O2/c1-10(2)5-13-6-14(20-16(23)19-13)15(22)17-8-12(4)21-9-11(3)7-18-21/h6-7,9-10,12H,5,8H2,1-4H3,(H,17,22)(H,19,20,23)/t12-/m1/s1. The first kappa shape index (κ1) is 16.9. The molecule has 2 rings (SSSR count). The van der Waals surface area contributed by atoms with Gasteiger partial charge in [0.15, 0.2) is 0 Å². The van der Waals surface area contributed by atoms with Crippen molar-refractivity contribution in [3.8, 4) is 0 Å². The Morgan fingerprint density at radius 2 is 2.13 bits per heavy atom. The molecule has 124 valence electrons. The zero-order chi connectivity index (χ0) is 17.0. The molecule has 7 nitrogen and oxygen atoms in total. The molecule has 2 aromatic heterocycles. The van der Waals surface area contributed by atoms with Crippen LogP contribution in [0.1, 0.15) is 48.6 Å². The van der Waals surface area contributed by atoms with E-state index in [9.17, 15) is 9.59 Å². The fraction of sp³-hybridized carbons (Fsp3) is 0.500. The number of amides is 1. The van der Waals surface area contributed by atoms with Crippen LogP contribution in [0.3, 0.4) is 0 Å². The monoisotopic (exact) mass is 317 g/mol. The molecule has 0 aliphatic heterocycles. The highest BCUT2D eigenvalue weighted by Crippen LogP contribution is 2.06. The van der Waals surface area contributed by atoms with E-state index in [2.05, 4.69) is 20.4 Å². The van der Waals surface area contributed by atoms with Gasteiger partial charge in [-0.15, -0.1) is 0 Å². The molecule has 7 heteroatoms. The number of nitrogens with one attached hydrogen (secondary N) is 2. The third-order valence-electron chi connectivity index (χ3n) is 3.40. The van der Waals surface area contributed by atoms with E-state index in [1.807, 2.05) is 33.9 Å². The summed E-state index contributed by atoms with van der Waals surface area (Å²) in [7, 11) is 0. The summed E-state index contributed by atoms with van der Waals surface area (Å²) < 4.78 is 1.80. The Hall–Kier alpha value is -2.44. The number of carbonyl (C=O) groups is 1. The van der Waals surface area contributed by atoms with E-state index in [1.54, 1.807) is 16.9 Å². The first-order valence-corrected chi connectivity index (χ1v) is 7.74. The summed E-state index contributed by atoms with van der Waals surface area (Å²) in [5.41, 5.74) is 1.44. The minimum atomic E-state index is -0.496. The highest BCUT2D eigenvalue weighted by molar-refractivity contribution is 5.92. The fourth-order valence-corrected chi connectivity index (χ4v) is 2.27. The van der Waals surface area contributed by atoms with Crippen molar-refractivity contribution < 1.29 is 4.79 Å². The van der Waals surface area contributed by atoms with Gasteiger partial charge in [0.2, 0.25) is 0 Å². The lowest BCUT2D eigenvalue weighted by molar-refractivity contribution is 0.0942. The van der Waals surface area contributed by atoms with Crippen LogP contribution in [0.5, 0.6) is 0 Å². The Labute approximate surface area is 135 Å². The van der Waals surface area contributed by atoms with Crippen LogP contribution in [0.15, 0.2) is 23.3 Å². The number of nitrogens with zero attached hydrogens (tertiary/aromatic N) is 3. The van der Waals surface area contributed by atoms with Gasteiger partial charge < -0.3 is 10.3 Å². The minimum Gasteiger partial charge on any atom is -0.349 e. The molecule has 2 heterocycles. The minimum absolute atomic E-state index is 0.0183. The molecule has 0 aromatic carbocycles. The number of carbonyl (C=O) groups excluding carboxylic acids is 1. The molecule has 0 aliphatic carbocycles. The third-order valence-corrected chi connectivity index (χ3v) is 3.40. The van der Waals surface area contributed by atoms with Crippen molar-refractivity contribution in [3.63, 3.8) is 0 Å². The topological polar surface area (TPSA) is 92.7 Å². The number of hydrogen-bond acceptors (Lipinski definition) is 4. The molecular formula is C16H23N5O2. The molecule has 0 bridgehead atoms. The molecular weight excluding hydrogens is 294 g/mol. The Morgan fingerprint density at radius 3 is 2.74 bits per heavy atom. The predicted molar refractivity (Wildman–Crippen MR) is 87.4 cm³/mol. The van der Waals surface area contributed by atoms with Gasteiger partial charge in [-0.2, -0.15) is 10.1 Å². The summed E-state index contributed by atoms with van der Waals surface area (Å²) in [6, 6.07) is 1.66. The third kappa shape index (κ3) is 4.77.